The van der Waals surface area contributed by atoms with Crippen molar-refractivity contribution in [2.75, 3.05) is 0 Å². The molecule has 6 heteroatoms. The van der Waals surface area contributed by atoms with E-state index >= 15 is 0 Å². The minimum Gasteiger partial charge on any atom is -0.480 e. The molecule has 0 aliphatic carbocycles. The Bertz CT molecular complexity index is 505. The van der Waals surface area contributed by atoms with Gasteiger partial charge >= 0.3 is 5.97 Å². The summed E-state index contributed by atoms with van der Waals surface area (Å²) in [5, 5.41) is 11.4. The number of hydrogen-bond donors (Lipinski definition) is 2. The van der Waals surface area contributed by atoms with Gasteiger partial charge < -0.3 is 10.4 Å². The fraction of sp³-hybridized carbons (Fsp3) is 0.429. The van der Waals surface area contributed by atoms with Crippen molar-refractivity contribution in [3.05, 3.63) is 35.4 Å². The van der Waals surface area contributed by atoms with E-state index in [2.05, 4.69) is 5.32 Å². The second-order valence-corrected chi connectivity index (χ2v) is 4.69. The molecule has 0 aliphatic heterocycles. The predicted octanol–water partition coefficient (Wildman–Crippen LogP) is 2.12. The van der Waals surface area contributed by atoms with E-state index in [0.717, 1.165) is 12.1 Å². The molecule has 0 unspecified atom stereocenters. The highest BCUT2D eigenvalue weighted by Crippen LogP contribution is 2.11. The molecule has 4 nitrogen and oxygen atoms in total. The zero-order chi connectivity index (χ0) is 15.3. The van der Waals surface area contributed by atoms with Crippen molar-refractivity contribution in [2.45, 2.75) is 32.7 Å². The lowest BCUT2D eigenvalue weighted by Crippen LogP contribution is -2.45. The van der Waals surface area contributed by atoms with Crippen molar-refractivity contribution in [1.29, 1.82) is 0 Å². The second kappa shape index (κ2) is 6.98. The minimum atomic E-state index is -1.11. The Morgan fingerprint density at radius 2 is 1.95 bits per heavy atom. The molecule has 1 aromatic carbocycles. The first-order chi connectivity index (χ1) is 9.35. The predicted molar refractivity (Wildman–Crippen MR) is 69.1 cm³/mol. The molecular weight excluding hydrogens is 268 g/mol. The number of halogens is 2. The van der Waals surface area contributed by atoms with Crippen LogP contribution in [-0.4, -0.2) is 23.0 Å². The lowest BCUT2D eigenvalue weighted by atomic mass is 9.99. The first-order valence-corrected chi connectivity index (χ1v) is 6.31. The number of carbonyl (C=O) groups is 2. The summed E-state index contributed by atoms with van der Waals surface area (Å²) < 4.78 is 25.8. The molecular formula is C14H17F2NO3. The third kappa shape index (κ3) is 4.29. The van der Waals surface area contributed by atoms with E-state index in [-0.39, 0.29) is 17.9 Å². The molecule has 110 valence electrons. The van der Waals surface area contributed by atoms with Crippen molar-refractivity contribution in [2.24, 2.45) is 5.92 Å². The Morgan fingerprint density at radius 3 is 2.45 bits per heavy atom. The molecule has 0 fully saturated rings. The Kier molecular flexibility index (Phi) is 5.61. The highest BCUT2D eigenvalue weighted by atomic mass is 19.2. The van der Waals surface area contributed by atoms with Gasteiger partial charge in [0.05, 0.1) is 6.42 Å². The fourth-order valence-electron chi connectivity index (χ4n) is 1.74. The summed E-state index contributed by atoms with van der Waals surface area (Å²) in [5.74, 6) is -3.90. The van der Waals surface area contributed by atoms with Gasteiger partial charge in [-0.2, -0.15) is 0 Å². The van der Waals surface area contributed by atoms with E-state index in [0.29, 0.717) is 6.42 Å². The van der Waals surface area contributed by atoms with Crippen LogP contribution >= 0.6 is 0 Å². The minimum absolute atomic E-state index is 0.197. The molecule has 0 aliphatic rings. The van der Waals surface area contributed by atoms with Crippen LogP contribution in [0.3, 0.4) is 0 Å². The number of nitrogens with one attached hydrogen (secondary N) is 1. The zero-order valence-corrected chi connectivity index (χ0v) is 11.3. The maximum atomic E-state index is 13.0. The Morgan fingerprint density at radius 1 is 1.30 bits per heavy atom. The molecule has 20 heavy (non-hydrogen) atoms. The summed E-state index contributed by atoms with van der Waals surface area (Å²) in [6.45, 7) is 3.54. The van der Waals surface area contributed by atoms with Crippen molar-refractivity contribution in [3.63, 3.8) is 0 Å². The van der Waals surface area contributed by atoms with Gasteiger partial charge in [0.25, 0.3) is 0 Å². The smallest absolute Gasteiger partial charge is 0.326 e. The normalized spacial score (nSPS) is 13.6. The summed E-state index contributed by atoms with van der Waals surface area (Å²) in [5.41, 5.74) is 0.287. The lowest BCUT2D eigenvalue weighted by Gasteiger charge is -2.20. The Balaban J connectivity index is 2.70. The topological polar surface area (TPSA) is 66.4 Å². The average Bonchev–Trinajstić information content (AvgIpc) is 2.39. The first kappa shape index (κ1) is 16.1. The van der Waals surface area contributed by atoms with Crippen molar-refractivity contribution < 1.29 is 23.5 Å². The van der Waals surface area contributed by atoms with E-state index in [1.165, 1.54) is 6.07 Å². The lowest BCUT2D eigenvalue weighted by molar-refractivity contribution is -0.143. The van der Waals surface area contributed by atoms with Crippen LogP contribution in [0, 0.1) is 17.6 Å². The second-order valence-electron chi connectivity index (χ2n) is 4.69. The highest BCUT2D eigenvalue weighted by Gasteiger charge is 2.25. The van der Waals surface area contributed by atoms with Crippen LogP contribution in [0.5, 0.6) is 0 Å². The number of carboxylic acid groups (broad SMARTS) is 1. The van der Waals surface area contributed by atoms with E-state index in [4.69, 9.17) is 5.11 Å². The number of benzene rings is 1. The molecule has 0 bridgehead atoms. The molecule has 2 atom stereocenters. The summed E-state index contributed by atoms with van der Waals surface area (Å²) >= 11 is 0. The summed E-state index contributed by atoms with van der Waals surface area (Å²) in [4.78, 5) is 22.8. The van der Waals surface area contributed by atoms with Crippen LogP contribution in [-0.2, 0) is 16.0 Å². The van der Waals surface area contributed by atoms with Gasteiger partial charge in [0.1, 0.15) is 6.04 Å². The first-order valence-electron chi connectivity index (χ1n) is 6.31. The van der Waals surface area contributed by atoms with Crippen LogP contribution in [0.25, 0.3) is 0 Å². The summed E-state index contributed by atoms with van der Waals surface area (Å²) in [6, 6.07) is 2.16. The quantitative estimate of drug-likeness (QED) is 0.841. The highest BCUT2D eigenvalue weighted by molar-refractivity contribution is 5.85. The molecule has 0 saturated carbocycles. The Labute approximate surface area is 115 Å². The average molecular weight is 285 g/mol. The molecule has 0 aromatic heterocycles. The van der Waals surface area contributed by atoms with Crippen LogP contribution < -0.4 is 5.32 Å². The van der Waals surface area contributed by atoms with Crippen molar-refractivity contribution >= 4 is 11.9 Å². The zero-order valence-electron chi connectivity index (χ0n) is 11.3. The van der Waals surface area contributed by atoms with E-state index in [1.54, 1.807) is 6.92 Å². The number of aliphatic carboxylic acids is 1. The maximum Gasteiger partial charge on any atom is 0.326 e. The van der Waals surface area contributed by atoms with Gasteiger partial charge in [-0.15, -0.1) is 0 Å². The molecule has 0 heterocycles. The molecule has 0 spiro atoms. The SMILES string of the molecule is CC[C@H](C)[C@@H](NC(=O)Cc1ccc(F)c(F)c1)C(=O)O. The number of rotatable bonds is 6. The standard InChI is InChI=1S/C14H17F2NO3/c1-3-8(2)13(14(19)20)17-12(18)7-9-4-5-10(15)11(16)6-9/h4-6,8,13H,3,7H2,1-2H3,(H,17,18)(H,19,20)/t8-,13+/m0/s1. The summed E-state index contributed by atoms with van der Waals surface area (Å²) in [6.07, 6.45) is 0.403. The monoisotopic (exact) mass is 285 g/mol. The van der Waals surface area contributed by atoms with Gasteiger partial charge in [-0.3, -0.25) is 4.79 Å². The van der Waals surface area contributed by atoms with Crippen LogP contribution in [0.2, 0.25) is 0 Å². The number of carbonyl (C=O) groups excluding carboxylic acids is 1. The maximum absolute atomic E-state index is 13.0. The third-order valence-electron chi connectivity index (χ3n) is 3.14. The Hall–Kier alpha value is -1.98. The van der Waals surface area contributed by atoms with Crippen LogP contribution in [0.1, 0.15) is 25.8 Å². The van der Waals surface area contributed by atoms with Gasteiger partial charge in [-0.1, -0.05) is 26.3 Å². The van der Waals surface area contributed by atoms with Crippen molar-refractivity contribution in [3.8, 4) is 0 Å². The van der Waals surface area contributed by atoms with Crippen LogP contribution in [0.15, 0.2) is 18.2 Å². The summed E-state index contributed by atoms with van der Waals surface area (Å²) in [7, 11) is 0. The molecule has 1 aromatic rings. The molecule has 0 saturated heterocycles. The third-order valence-corrected chi connectivity index (χ3v) is 3.14. The van der Waals surface area contributed by atoms with Crippen LogP contribution in [0.4, 0.5) is 8.78 Å². The molecule has 2 N–H and O–H groups in total. The fourth-order valence-corrected chi connectivity index (χ4v) is 1.74. The van der Waals surface area contributed by atoms with E-state index in [9.17, 15) is 18.4 Å². The van der Waals surface area contributed by atoms with Gasteiger partial charge in [0, 0.05) is 0 Å². The largest absolute Gasteiger partial charge is 0.480 e. The number of carboxylic acids is 1. The van der Waals surface area contributed by atoms with Crippen molar-refractivity contribution in [1.82, 2.24) is 5.32 Å². The van der Waals surface area contributed by atoms with E-state index in [1.807, 2.05) is 6.92 Å². The van der Waals surface area contributed by atoms with E-state index < -0.39 is 29.6 Å². The van der Waals surface area contributed by atoms with Gasteiger partial charge in [-0.05, 0) is 23.6 Å². The number of hydrogen-bond acceptors (Lipinski definition) is 2. The molecule has 0 radical (unpaired) electrons. The molecule has 1 amide bonds. The molecule has 1 rings (SSSR count). The van der Waals surface area contributed by atoms with Gasteiger partial charge in [-0.25, -0.2) is 13.6 Å². The van der Waals surface area contributed by atoms with Gasteiger partial charge in [0.2, 0.25) is 5.91 Å². The van der Waals surface area contributed by atoms with Gasteiger partial charge in [0.15, 0.2) is 11.6 Å². The number of amides is 1.